The molecule has 1 aromatic carbocycles. The van der Waals surface area contributed by atoms with Gasteiger partial charge in [0.05, 0.1) is 27.0 Å². The van der Waals surface area contributed by atoms with Crippen molar-refractivity contribution >= 4 is 57.9 Å². The van der Waals surface area contributed by atoms with E-state index in [9.17, 15) is 0 Å². The molecule has 0 bridgehead atoms. The number of nitrogens with zero attached hydrogens (tertiary/aromatic N) is 2. The Labute approximate surface area is 145 Å². The Balaban J connectivity index is 2.20. The Morgan fingerprint density at radius 3 is 2.27 bits per heavy atom. The molecule has 0 radical (unpaired) electrons. The zero-order valence-corrected chi connectivity index (χ0v) is 15.2. The first-order valence-electron chi connectivity index (χ1n) is 7.68. The van der Waals surface area contributed by atoms with Gasteiger partial charge in [0.15, 0.2) is 0 Å². The minimum Gasteiger partial charge on any atom is -0.250 e. The quantitative estimate of drug-likeness (QED) is 0.616. The third-order valence-electron chi connectivity index (χ3n) is 3.65. The van der Waals surface area contributed by atoms with E-state index in [1.807, 2.05) is 41.7 Å². The molecule has 5 heteroatoms. The molecule has 0 atom stereocenters. The highest BCUT2D eigenvalue weighted by Gasteiger charge is 2.23. The van der Waals surface area contributed by atoms with Gasteiger partial charge in [0.25, 0.3) is 0 Å². The second kappa shape index (κ2) is 7.24. The predicted molar refractivity (Wildman–Crippen MR) is 103 cm³/mol. The van der Waals surface area contributed by atoms with Crippen LogP contribution in [0.1, 0.15) is 33.1 Å². The van der Waals surface area contributed by atoms with E-state index in [0.717, 1.165) is 35.6 Å². The largest absolute Gasteiger partial charge is 0.250 e. The molecular formula is C17H19ClN2S2. The maximum absolute atomic E-state index is 6.14. The Bertz CT molecular complexity index is 669. The van der Waals surface area contributed by atoms with Crippen LogP contribution >= 0.6 is 35.1 Å². The molecule has 2 nitrogen and oxygen atoms in total. The predicted octanol–water partition coefficient (Wildman–Crippen LogP) is 6.40. The number of fused-ring (bicyclic) bond motifs is 1. The molecule has 2 aliphatic heterocycles. The summed E-state index contributed by atoms with van der Waals surface area (Å²) in [6, 6.07) is 5.78. The molecule has 0 saturated carbocycles. The van der Waals surface area contributed by atoms with Gasteiger partial charge in [-0.1, -0.05) is 25.4 Å². The van der Waals surface area contributed by atoms with Crippen LogP contribution in [0.3, 0.4) is 0 Å². The topological polar surface area (TPSA) is 24.7 Å². The Morgan fingerprint density at radius 2 is 1.64 bits per heavy atom. The number of benzene rings is 1. The Hall–Kier alpha value is -0.710. The summed E-state index contributed by atoms with van der Waals surface area (Å²) in [6.07, 6.45) is 3.10. The summed E-state index contributed by atoms with van der Waals surface area (Å²) in [5, 5.41) is 0.712. The van der Waals surface area contributed by atoms with E-state index in [1.165, 1.54) is 27.7 Å². The molecule has 0 amide bonds. The number of allylic oxidation sites excluding steroid dienone is 1. The van der Waals surface area contributed by atoms with Crippen molar-refractivity contribution < 1.29 is 0 Å². The first-order chi connectivity index (χ1) is 10.7. The van der Waals surface area contributed by atoms with E-state index in [1.54, 1.807) is 0 Å². The maximum atomic E-state index is 6.14. The van der Waals surface area contributed by atoms with Crippen molar-refractivity contribution in [1.29, 1.82) is 0 Å². The Morgan fingerprint density at radius 1 is 1.00 bits per heavy atom. The molecule has 0 aliphatic carbocycles. The molecule has 0 spiro atoms. The fraction of sp³-hybridized carbons (Fsp3) is 0.412. The molecule has 2 heterocycles. The van der Waals surface area contributed by atoms with Crippen molar-refractivity contribution in [3.05, 3.63) is 33.0 Å². The van der Waals surface area contributed by atoms with Crippen molar-refractivity contribution in [1.82, 2.24) is 0 Å². The molecule has 0 unspecified atom stereocenters. The molecule has 0 aromatic heterocycles. The van der Waals surface area contributed by atoms with Gasteiger partial charge in [-0.25, -0.2) is 0 Å². The van der Waals surface area contributed by atoms with Gasteiger partial charge in [-0.15, -0.1) is 23.5 Å². The Kier molecular flexibility index (Phi) is 5.32. The van der Waals surface area contributed by atoms with Crippen LogP contribution in [0.15, 0.2) is 38.0 Å². The van der Waals surface area contributed by atoms with Crippen molar-refractivity contribution in [3.8, 4) is 0 Å². The number of aliphatic imine (C=N–C) groups is 2. The van der Waals surface area contributed by atoms with E-state index in [2.05, 4.69) is 13.8 Å². The van der Waals surface area contributed by atoms with E-state index in [-0.39, 0.29) is 0 Å². The highest BCUT2D eigenvalue weighted by atomic mass is 35.5. The van der Waals surface area contributed by atoms with Crippen LogP contribution in [0.2, 0.25) is 5.02 Å². The number of rotatable bonds is 2. The summed E-state index contributed by atoms with van der Waals surface area (Å²) < 4.78 is 1.39. The molecule has 1 aromatic rings. The number of halogens is 1. The summed E-state index contributed by atoms with van der Waals surface area (Å²) in [7, 11) is 0. The first kappa shape index (κ1) is 16.2. The second-order valence-electron chi connectivity index (χ2n) is 5.17. The molecule has 22 heavy (non-hydrogen) atoms. The minimum atomic E-state index is 0.712. The van der Waals surface area contributed by atoms with Gasteiger partial charge in [-0.05, 0) is 49.0 Å². The standard InChI is InChI=1S/C17H19ClN2S2/c1-3-12-16(17-21-8-5-9-22-17)13(4-2)20-15-10-11(18)6-7-14(15)19-12/h6-7,10H,3-5,8-9H2,1-2H3. The highest BCUT2D eigenvalue weighted by Crippen LogP contribution is 2.42. The summed E-state index contributed by atoms with van der Waals surface area (Å²) >= 11 is 10.0. The monoisotopic (exact) mass is 350 g/mol. The zero-order valence-electron chi connectivity index (χ0n) is 12.9. The van der Waals surface area contributed by atoms with E-state index in [4.69, 9.17) is 21.6 Å². The van der Waals surface area contributed by atoms with Crippen molar-refractivity contribution in [2.24, 2.45) is 9.98 Å². The lowest BCUT2D eigenvalue weighted by Gasteiger charge is -2.19. The van der Waals surface area contributed by atoms with Gasteiger partial charge in [0.2, 0.25) is 0 Å². The first-order valence-corrected chi connectivity index (χ1v) is 10.0. The van der Waals surface area contributed by atoms with Crippen molar-refractivity contribution in [3.63, 3.8) is 0 Å². The van der Waals surface area contributed by atoms with Gasteiger partial charge in [0, 0.05) is 10.6 Å². The number of thioether (sulfide) groups is 2. The lowest BCUT2D eigenvalue weighted by atomic mass is 10.0. The molecule has 1 saturated heterocycles. The molecule has 0 N–H and O–H groups in total. The lowest BCUT2D eigenvalue weighted by Crippen LogP contribution is -2.14. The van der Waals surface area contributed by atoms with E-state index >= 15 is 0 Å². The third-order valence-corrected chi connectivity index (χ3v) is 6.51. The molecule has 1 fully saturated rings. The van der Waals surface area contributed by atoms with E-state index < -0.39 is 0 Å². The van der Waals surface area contributed by atoms with Crippen LogP contribution in [0, 0.1) is 0 Å². The zero-order chi connectivity index (χ0) is 15.5. The highest BCUT2D eigenvalue weighted by molar-refractivity contribution is 8.22. The van der Waals surface area contributed by atoms with Crippen molar-refractivity contribution in [2.75, 3.05) is 11.5 Å². The average molecular weight is 351 g/mol. The number of hydrogen-bond donors (Lipinski definition) is 0. The van der Waals surface area contributed by atoms with Crippen LogP contribution in [-0.2, 0) is 0 Å². The fourth-order valence-corrected chi connectivity index (χ4v) is 5.46. The number of hydrogen-bond acceptors (Lipinski definition) is 4. The van der Waals surface area contributed by atoms with Gasteiger partial charge in [-0.2, -0.15) is 0 Å². The lowest BCUT2D eigenvalue weighted by molar-refractivity contribution is 1.12. The third kappa shape index (κ3) is 3.29. The van der Waals surface area contributed by atoms with Crippen LogP contribution in [0.5, 0.6) is 0 Å². The fourth-order valence-electron chi connectivity index (χ4n) is 2.57. The van der Waals surface area contributed by atoms with Crippen LogP contribution in [0.4, 0.5) is 11.4 Å². The average Bonchev–Trinajstić information content (AvgIpc) is 2.71. The summed E-state index contributed by atoms with van der Waals surface area (Å²) in [5.41, 5.74) is 5.37. The smallest absolute Gasteiger partial charge is 0.0904 e. The van der Waals surface area contributed by atoms with Gasteiger partial charge >= 0.3 is 0 Å². The van der Waals surface area contributed by atoms with E-state index in [0.29, 0.717) is 5.02 Å². The molecular weight excluding hydrogens is 332 g/mol. The molecule has 3 rings (SSSR count). The minimum absolute atomic E-state index is 0.712. The van der Waals surface area contributed by atoms with Crippen LogP contribution < -0.4 is 0 Å². The van der Waals surface area contributed by atoms with Gasteiger partial charge in [-0.3, -0.25) is 9.98 Å². The maximum Gasteiger partial charge on any atom is 0.0904 e. The molecule has 116 valence electrons. The van der Waals surface area contributed by atoms with Crippen molar-refractivity contribution in [2.45, 2.75) is 33.1 Å². The van der Waals surface area contributed by atoms with Crippen LogP contribution in [0.25, 0.3) is 0 Å². The van der Waals surface area contributed by atoms with Crippen LogP contribution in [-0.4, -0.2) is 22.9 Å². The SMILES string of the molecule is CCC1=Nc2ccc(Cl)cc2N=C(CC)C1=C1SCCCS1. The second-order valence-corrected chi connectivity index (χ2v) is 8.08. The van der Waals surface area contributed by atoms with Gasteiger partial charge in [0.1, 0.15) is 0 Å². The van der Waals surface area contributed by atoms with Gasteiger partial charge < -0.3 is 0 Å². The normalized spacial score (nSPS) is 18.5. The summed E-state index contributed by atoms with van der Waals surface area (Å²) in [5.74, 6) is 2.39. The summed E-state index contributed by atoms with van der Waals surface area (Å²) in [4.78, 5) is 9.82. The molecule has 2 aliphatic rings. The summed E-state index contributed by atoms with van der Waals surface area (Å²) in [6.45, 7) is 4.34.